The lowest BCUT2D eigenvalue weighted by Gasteiger charge is -1.97. The Morgan fingerprint density at radius 2 is 2.18 bits per heavy atom. The van der Waals surface area contributed by atoms with Crippen LogP contribution in [0.2, 0.25) is 0 Å². The SMILES string of the molecule is Cc1nc(-c2nc([C@H]3CCOC3)no2)c(C)s1. The fourth-order valence-electron chi connectivity index (χ4n) is 1.96. The fraction of sp³-hybridized carbons (Fsp3) is 0.545. The van der Waals surface area contributed by atoms with Crippen molar-refractivity contribution in [3.8, 4) is 11.6 Å². The molecule has 1 atom stereocenters. The standard InChI is InChI=1S/C11H13N3O2S/c1-6-9(12-7(2)17-6)11-13-10(14-16-11)8-3-4-15-5-8/h8H,3-5H2,1-2H3/t8-/m0/s1. The number of hydrogen-bond donors (Lipinski definition) is 0. The third kappa shape index (κ3) is 1.98. The van der Waals surface area contributed by atoms with E-state index < -0.39 is 0 Å². The van der Waals surface area contributed by atoms with Crippen molar-refractivity contribution < 1.29 is 9.26 Å². The van der Waals surface area contributed by atoms with E-state index in [4.69, 9.17) is 9.26 Å². The number of hydrogen-bond acceptors (Lipinski definition) is 6. The molecule has 1 fully saturated rings. The third-order valence-electron chi connectivity index (χ3n) is 2.84. The number of rotatable bonds is 2. The van der Waals surface area contributed by atoms with Gasteiger partial charge in [0.05, 0.1) is 11.6 Å². The average Bonchev–Trinajstić information content (AvgIpc) is 2.97. The highest BCUT2D eigenvalue weighted by molar-refractivity contribution is 7.11. The summed E-state index contributed by atoms with van der Waals surface area (Å²) >= 11 is 1.64. The highest BCUT2D eigenvalue weighted by Crippen LogP contribution is 2.28. The van der Waals surface area contributed by atoms with E-state index in [2.05, 4.69) is 15.1 Å². The van der Waals surface area contributed by atoms with Crippen LogP contribution in [0, 0.1) is 13.8 Å². The quantitative estimate of drug-likeness (QED) is 0.819. The van der Waals surface area contributed by atoms with Gasteiger partial charge in [-0.15, -0.1) is 11.3 Å². The Labute approximate surface area is 103 Å². The molecule has 2 aromatic heterocycles. The van der Waals surface area contributed by atoms with E-state index in [0.29, 0.717) is 12.5 Å². The second kappa shape index (κ2) is 4.19. The first-order valence-corrected chi connectivity index (χ1v) is 6.41. The zero-order valence-corrected chi connectivity index (χ0v) is 10.6. The van der Waals surface area contributed by atoms with E-state index in [9.17, 15) is 0 Å². The van der Waals surface area contributed by atoms with Gasteiger partial charge >= 0.3 is 0 Å². The van der Waals surface area contributed by atoms with Gasteiger partial charge in [-0.2, -0.15) is 4.98 Å². The first-order valence-electron chi connectivity index (χ1n) is 5.60. The van der Waals surface area contributed by atoms with Gasteiger partial charge in [-0.3, -0.25) is 0 Å². The van der Waals surface area contributed by atoms with Crippen LogP contribution >= 0.6 is 11.3 Å². The first kappa shape index (κ1) is 10.9. The molecule has 0 aromatic carbocycles. The fourth-order valence-corrected chi connectivity index (χ4v) is 2.77. The van der Waals surface area contributed by atoms with Gasteiger partial charge in [-0.1, -0.05) is 5.16 Å². The monoisotopic (exact) mass is 251 g/mol. The Bertz CT molecular complexity index is 529. The molecule has 6 heteroatoms. The van der Waals surface area contributed by atoms with Crippen LogP contribution < -0.4 is 0 Å². The summed E-state index contributed by atoms with van der Waals surface area (Å²) < 4.78 is 10.6. The van der Waals surface area contributed by atoms with Crippen molar-refractivity contribution in [2.45, 2.75) is 26.2 Å². The molecule has 1 saturated heterocycles. The lowest BCUT2D eigenvalue weighted by atomic mass is 10.1. The maximum absolute atomic E-state index is 5.32. The first-order chi connectivity index (χ1) is 8.24. The van der Waals surface area contributed by atoms with E-state index >= 15 is 0 Å². The molecule has 0 spiro atoms. The summed E-state index contributed by atoms with van der Waals surface area (Å²) in [5.41, 5.74) is 0.810. The van der Waals surface area contributed by atoms with Crippen LogP contribution in [0.4, 0.5) is 0 Å². The van der Waals surface area contributed by atoms with Crippen molar-refractivity contribution in [3.05, 3.63) is 15.7 Å². The molecule has 1 aliphatic heterocycles. The van der Waals surface area contributed by atoms with Crippen LogP contribution in [-0.2, 0) is 4.74 Å². The van der Waals surface area contributed by atoms with Gasteiger partial charge in [0.2, 0.25) is 0 Å². The highest BCUT2D eigenvalue weighted by Gasteiger charge is 2.24. The number of thiazole rings is 1. The van der Waals surface area contributed by atoms with E-state index in [-0.39, 0.29) is 5.92 Å². The molecule has 0 radical (unpaired) electrons. The minimum Gasteiger partial charge on any atom is -0.381 e. The number of nitrogens with zero attached hydrogens (tertiary/aromatic N) is 3. The second-order valence-electron chi connectivity index (χ2n) is 4.16. The number of aryl methyl sites for hydroxylation is 2. The summed E-state index contributed by atoms with van der Waals surface area (Å²) in [6.07, 6.45) is 0.966. The molecule has 17 heavy (non-hydrogen) atoms. The minimum absolute atomic E-state index is 0.271. The zero-order valence-electron chi connectivity index (χ0n) is 9.77. The van der Waals surface area contributed by atoms with Gasteiger partial charge in [-0.05, 0) is 20.3 Å². The van der Waals surface area contributed by atoms with Crippen LogP contribution in [0.25, 0.3) is 11.6 Å². The maximum Gasteiger partial charge on any atom is 0.277 e. The van der Waals surface area contributed by atoms with Crippen molar-refractivity contribution >= 4 is 11.3 Å². The highest BCUT2D eigenvalue weighted by atomic mass is 32.1. The normalized spacial score (nSPS) is 20.0. The zero-order chi connectivity index (χ0) is 11.8. The van der Waals surface area contributed by atoms with Crippen LogP contribution in [0.5, 0.6) is 0 Å². The van der Waals surface area contributed by atoms with Crippen molar-refractivity contribution in [1.29, 1.82) is 0 Å². The molecule has 0 N–H and O–H groups in total. The van der Waals surface area contributed by atoms with Gasteiger partial charge in [0.1, 0.15) is 5.69 Å². The van der Waals surface area contributed by atoms with Crippen LogP contribution in [0.15, 0.2) is 4.52 Å². The summed E-state index contributed by atoms with van der Waals surface area (Å²) in [6.45, 7) is 5.46. The minimum atomic E-state index is 0.271. The summed E-state index contributed by atoms with van der Waals surface area (Å²) in [4.78, 5) is 9.95. The Hall–Kier alpha value is -1.27. The van der Waals surface area contributed by atoms with Gasteiger partial charge < -0.3 is 9.26 Å². The average molecular weight is 251 g/mol. The van der Waals surface area contributed by atoms with E-state index in [1.807, 2.05) is 13.8 Å². The molecule has 1 aliphatic rings. The van der Waals surface area contributed by atoms with E-state index in [1.165, 1.54) is 0 Å². The molecule has 0 aliphatic carbocycles. The molecule has 3 rings (SSSR count). The summed E-state index contributed by atoms with van der Waals surface area (Å²) in [5, 5.41) is 5.04. The molecule has 3 heterocycles. The van der Waals surface area contributed by atoms with Crippen molar-refractivity contribution in [3.63, 3.8) is 0 Å². The lowest BCUT2D eigenvalue weighted by Crippen LogP contribution is -1.99. The molecule has 0 unspecified atom stereocenters. The molecule has 2 aromatic rings. The van der Waals surface area contributed by atoms with Crippen LogP contribution in [0.3, 0.4) is 0 Å². The smallest absolute Gasteiger partial charge is 0.277 e. The van der Waals surface area contributed by atoms with Gasteiger partial charge in [0.15, 0.2) is 5.82 Å². The Morgan fingerprint density at radius 1 is 1.29 bits per heavy atom. The maximum atomic E-state index is 5.32. The third-order valence-corrected chi connectivity index (χ3v) is 3.73. The molecule has 0 amide bonds. The van der Waals surface area contributed by atoms with Crippen LogP contribution in [0.1, 0.15) is 28.0 Å². The Kier molecular flexibility index (Phi) is 2.68. The number of ether oxygens (including phenoxy) is 1. The van der Waals surface area contributed by atoms with E-state index in [0.717, 1.165) is 34.4 Å². The lowest BCUT2D eigenvalue weighted by molar-refractivity contribution is 0.192. The predicted molar refractivity (Wildman–Crippen MR) is 63.1 cm³/mol. The molecular weight excluding hydrogens is 238 g/mol. The molecule has 0 saturated carbocycles. The summed E-state index contributed by atoms with van der Waals surface area (Å²) in [5.74, 6) is 1.53. The molecule has 90 valence electrons. The van der Waals surface area contributed by atoms with Crippen molar-refractivity contribution in [1.82, 2.24) is 15.1 Å². The largest absolute Gasteiger partial charge is 0.381 e. The topological polar surface area (TPSA) is 61.0 Å². The number of aromatic nitrogens is 3. The van der Waals surface area contributed by atoms with Gasteiger partial charge in [0.25, 0.3) is 5.89 Å². The van der Waals surface area contributed by atoms with Gasteiger partial charge in [-0.25, -0.2) is 4.98 Å². The Balaban J connectivity index is 1.91. The Morgan fingerprint density at radius 3 is 2.82 bits per heavy atom. The molecular formula is C11H13N3O2S. The van der Waals surface area contributed by atoms with E-state index in [1.54, 1.807) is 11.3 Å². The van der Waals surface area contributed by atoms with Crippen LogP contribution in [-0.4, -0.2) is 28.3 Å². The predicted octanol–water partition coefficient (Wildman–Crippen LogP) is 2.31. The second-order valence-corrected chi connectivity index (χ2v) is 5.56. The molecule has 0 bridgehead atoms. The van der Waals surface area contributed by atoms with Crippen molar-refractivity contribution in [2.75, 3.05) is 13.2 Å². The summed E-state index contributed by atoms with van der Waals surface area (Å²) in [7, 11) is 0. The van der Waals surface area contributed by atoms with Gasteiger partial charge in [0, 0.05) is 17.4 Å². The molecule has 5 nitrogen and oxygen atoms in total. The summed E-state index contributed by atoms with van der Waals surface area (Å²) in [6, 6.07) is 0. The van der Waals surface area contributed by atoms with Crippen molar-refractivity contribution in [2.24, 2.45) is 0 Å².